The van der Waals surface area contributed by atoms with Crippen molar-refractivity contribution in [3.05, 3.63) is 131 Å². The maximum atomic E-state index is 11.7. The topological polar surface area (TPSA) is 111 Å². The third kappa shape index (κ3) is 7.53. The monoisotopic (exact) mass is 660 g/mol. The summed E-state index contributed by atoms with van der Waals surface area (Å²) in [5.41, 5.74) is 5.06. The Bertz CT molecular complexity index is 1890. The molecular formula is C38H40N6O5. The Labute approximate surface area is 285 Å². The summed E-state index contributed by atoms with van der Waals surface area (Å²) in [6, 6.07) is 27.8. The fourth-order valence-corrected chi connectivity index (χ4v) is 6.14. The van der Waals surface area contributed by atoms with E-state index in [4.69, 9.17) is 33.7 Å². The zero-order chi connectivity index (χ0) is 33.6. The number of aromatic nitrogens is 4. The van der Waals surface area contributed by atoms with Gasteiger partial charge >= 0.3 is 6.01 Å². The molecule has 49 heavy (non-hydrogen) atoms. The molecule has 0 aliphatic carbocycles. The average Bonchev–Trinajstić information content (AvgIpc) is 3.94. The van der Waals surface area contributed by atoms with Gasteiger partial charge in [-0.25, -0.2) is 9.50 Å². The Morgan fingerprint density at radius 2 is 1.47 bits per heavy atom. The normalized spacial score (nSPS) is 13.9. The summed E-state index contributed by atoms with van der Waals surface area (Å²) in [7, 11) is 3.31. The lowest BCUT2D eigenvalue weighted by atomic mass is 10.0. The van der Waals surface area contributed by atoms with Crippen LogP contribution < -0.4 is 19.1 Å². The van der Waals surface area contributed by atoms with Gasteiger partial charge in [0.25, 0.3) is 0 Å². The number of methoxy groups -OCH3 is 2. The molecule has 11 nitrogen and oxygen atoms in total. The summed E-state index contributed by atoms with van der Waals surface area (Å²) >= 11 is 0. The minimum absolute atomic E-state index is 0.126. The minimum Gasteiger partial charge on any atom is -0.497 e. The predicted molar refractivity (Wildman–Crippen MR) is 185 cm³/mol. The van der Waals surface area contributed by atoms with E-state index in [0.29, 0.717) is 36.0 Å². The Hall–Kier alpha value is -5.39. The number of anilines is 1. The average molecular weight is 661 g/mol. The van der Waals surface area contributed by atoms with Gasteiger partial charge in [-0.2, -0.15) is 4.98 Å². The molecule has 6 aromatic rings. The van der Waals surface area contributed by atoms with E-state index in [1.807, 2.05) is 66.7 Å². The van der Waals surface area contributed by atoms with E-state index in [-0.39, 0.29) is 12.6 Å². The molecule has 0 saturated carbocycles. The highest BCUT2D eigenvalue weighted by Crippen LogP contribution is 2.30. The Morgan fingerprint density at radius 3 is 2.06 bits per heavy atom. The van der Waals surface area contributed by atoms with Crippen LogP contribution in [0.2, 0.25) is 0 Å². The highest BCUT2D eigenvalue weighted by atomic mass is 16.5. The number of aliphatic hydroxyl groups excluding tert-OH is 1. The van der Waals surface area contributed by atoms with Gasteiger partial charge in [0.2, 0.25) is 0 Å². The van der Waals surface area contributed by atoms with E-state index >= 15 is 0 Å². The van der Waals surface area contributed by atoms with E-state index < -0.39 is 6.10 Å². The first kappa shape index (κ1) is 32.2. The Morgan fingerprint density at radius 1 is 0.837 bits per heavy atom. The van der Waals surface area contributed by atoms with E-state index in [1.54, 1.807) is 37.3 Å². The molecule has 0 spiro atoms. The van der Waals surface area contributed by atoms with Gasteiger partial charge in [-0.3, -0.25) is 4.90 Å². The van der Waals surface area contributed by atoms with Crippen molar-refractivity contribution >= 4 is 11.5 Å². The second kappa shape index (κ2) is 14.8. The van der Waals surface area contributed by atoms with Gasteiger partial charge in [0.1, 0.15) is 30.0 Å². The molecule has 3 aromatic heterocycles. The Balaban J connectivity index is 1.26. The first-order valence-corrected chi connectivity index (χ1v) is 16.5. The van der Waals surface area contributed by atoms with Crippen LogP contribution in [-0.2, 0) is 26.2 Å². The molecular weight excluding hydrogens is 620 g/mol. The number of ether oxygens (including phenoxy) is 3. The van der Waals surface area contributed by atoms with Gasteiger partial charge in [0.15, 0.2) is 11.5 Å². The molecule has 7 rings (SSSR count). The van der Waals surface area contributed by atoms with Crippen LogP contribution in [0.4, 0.5) is 5.82 Å². The number of rotatable bonds is 14. The van der Waals surface area contributed by atoms with Crippen molar-refractivity contribution in [2.24, 2.45) is 0 Å². The van der Waals surface area contributed by atoms with Crippen molar-refractivity contribution in [2.75, 3.05) is 32.2 Å². The van der Waals surface area contributed by atoms with Crippen molar-refractivity contribution in [2.45, 2.75) is 45.2 Å². The van der Waals surface area contributed by atoms with E-state index in [1.165, 1.54) is 18.4 Å². The first-order chi connectivity index (χ1) is 24.1. The molecule has 11 heteroatoms. The molecule has 3 aromatic carbocycles. The Kier molecular flexibility index (Phi) is 9.72. The van der Waals surface area contributed by atoms with Crippen molar-refractivity contribution in [1.29, 1.82) is 0 Å². The maximum absolute atomic E-state index is 11.7. The molecule has 1 unspecified atom stereocenters. The van der Waals surface area contributed by atoms with Crippen LogP contribution in [0.15, 0.2) is 102 Å². The van der Waals surface area contributed by atoms with Crippen molar-refractivity contribution in [3.63, 3.8) is 0 Å². The molecule has 1 atom stereocenters. The maximum Gasteiger partial charge on any atom is 0.336 e. The summed E-state index contributed by atoms with van der Waals surface area (Å²) in [6.07, 6.45) is 4.78. The lowest BCUT2D eigenvalue weighted by molar-refractivity contribution is 0.210. The van der Waals surface area contributed by atoms with Crippen molar-refractivity contribution in [1.82, 2.24) is 24.5 Å². The number of hydrogen-bond acceptors (Lipinski definition) is 10. The minimum atomic E-state index is -0.979. The SMILES string of the molecule is COc1ccc(CN(Cc2ccc(OC)cc2)c2nc(OCc3ccco3)nn3c(C(O)c4ccc(CN5CCCC5)cc4)cnc23)cc1. The molecule has 1 aliphatic rings. The number of benzene rings is 3. The number of hydrogen-bond donors (Lipinski definition) is 1. The zero-order valence-corrected chi connectivity index (χ0v) is 27.7. The summed E-state index contributed by atoms with van der Waals surface area (Å²) in [5, 5.41) is 16.4. The smallest absolute Gasteiger partial charge is 0.336 e. The molecule has 0 radical (unpaired) electrons. The second-order valence-corrected chi connectivity index (χ2v) is 12.2. The van der Waals surface area contributed by atoms with E-state index in [0.717, 1.165) is 47.8 Å². The molecule has 1 N–H and O–H groups in total. The van der Waals surface area contributed by atoms with Crippen LogP contribution in [0.5, 0.6) is 17.5 Å². The van der Waals surface area contributed by atoms with E-state index in [2.05, 4.69) is 21.9 Å². The molecule has 4 heterocycles. The molecule has 1 fully saturated rings. The summed E-state index contributed by atoms with van der Waals surface area (Å²) in [6.45, 7) is 4.32. The second-order valence-electron chi connectivity index (χ2n) is 12.2. The largest absolute Gasteiger partial charge is 0.497 e. The number of furan rings is 1. The van der Waals surface area contributed by atoms with Gasteiger partial charge < -0.3 is 28.6 Å². The molecule has 0 amide bonds. The third-order valence-electron chi connectivity index (χ3n) is 8.82. The number of likely N-dealkylation sites (tertiary alicyclic amines) is 1. The number of imidazole rings is 1. The van der Waals surface area contributed by atoms with Gasteiger partial charge in [-0.15, -0.1) is 5.10 Å². The number of aliphatic hydroxyl groups is 1. The summed E-state index contributed by atoms with van der Waals surface area (Å²) < 4.78 is 24.0. The molecule has 0 bridgehead atoms. The quantitative estimate of drug-likeness (QED) is 0.145. The fourth-order valence-electron chi connectivity index (χ4n) is 6.14. The van der Waals surface area contributed by atoms with Gasteiger partial charge in [-0.05, 0) is 84.6 Å². The van der Waals surface area contributed by atoms with Crippen LogP contribution in [0.1, 0.15) is 52.7 Å². The fraction of sp³-hybridized carbons (Fsp3) is 0.289. The number of nitrogens with zero attached hydrogens (tertiary/aromatic N) is 6. The zero-order valence-electron chi connectivity index (χ0n) is 27.7. The highest BCUT2D eigenvalue weighted by Gasteiger charge is 2.24. The highest BCUT2D eigenvalue weighted by molar-refractivity contribution is 5.65. The van der Waals surface area contributed by atoms with Gasteiger partial charge in [0.05, 0.1) is 32.4 Å². The molecule has 1 aliphatic heterocycles. The molecule has 1 saturated heterocycles. The summed E-state index contributed by atoms with van der Waals surface area (Å²) in [5.74, 6) is 2.74. The summed E-state index contributed by atoms with van der Waals surface area (Å²) in [4.78, 5) is 14.3. The lowest BCUT2D eigenvalue weighted by Gasteiger charge is -2.25. The van der Waals surface area contributed by atoms with Crippen LogP contribution in [0.3, 0.4) is 0 Å². The van der Waals surface area contributed by atoms with Gasteiger partial charge in [0, 0.05) is 19.6 Å². The standard InChI is InChI=1S/C38H40N6O5/c1-46-31-15-9-28(10-16-31)24-43(25-29-11-17-32(47-2)18-12-29)37-36-39-22-34(44(36)41-38(40-37)49-26-33-6-5-21-48-33)35(45)30-13-7-27(8-14-30)23-42-19-3-4-20-42/h5-18,21-22,35,45H,3-4,19-20,23-26H2,1-2H3. The van der Waals surface area contributed by atoms with Crippen molar-refractivity contribution in [3.8, 4) is 17.5 Å². The predicted octanol–water partition coefficient (Wildman–Crippen LogP) is 6.20. The van der Waals surface area contributed by atoms with Crippen LogP contribution in [0.25, 0.3) is 5.65 Å². The van der Waals surface area contributed by atoms with Crippen LogP contribution in [-0.4, -0.2) is 56.9 Å². The third-order valence-corrected chi connectivity index (χ3v) is 8.82. The van der Waals surface area contributed by atoms with Gasteiger partial charge in [-0.1, -0.05) is 48.5 Å². The van der Waals surface area contributed by atoms with Crippen molar-refractivity contribution < 1.29 is 23.7 Å². The van der Waals surface area contributed by atoms with Crippen LogP contribution in [0, 0.1) is 0 Å². The number of fused-ring (bicyclic) bond motifs is 1. The van der Waals surface area contributed by atoms with Crippen LogP contribution >= 0.6 is 0 Å². The molecule has 252 valence electrons. The van der Waals surface area contributed by atoms with E-state index in [9.17, 15) is 5.11 Å². The lowest BCUT2D eigenvalue weighted by Crippen LogP contribution is -2.25. The first-order valence-electron chi connectivity index (χ1n) is 16.5.